The Labute approximate surface area is 53.9 Å². The lowest BCUT2D eigenvalue weighted by atomic mass is 10.9. The molecule has 0 aromatic carbocycles. The zero-order chi connectivity index (χ0) is 6.85. The first-order valence-electron chi connectivity index (χ1n) is 2.03. The fourth-order valence-corrected chi connectivity index (χ4v) is 0.512. The van der Waals surface area contributed by atoms with E-state index in [9.17, 15) is 9.59 Å². The molecule has 0 unspecified atom stereocenters. The van der Waals surface area contributed by atoms with Crippen LogP contribution in [0.25, 0.3) is 0 Å². The molecule has 1 aromatic heterocycles. The molecule has 0 fully saturated rings. The van der Waals surface area contributed by atoms with E-state index >= 15 is 0 Å². The average molecular weight is 148 g/mol. The smallest absolute Gasteiger partial charge is 0.351 e. The van der Waals surface area contributed by atoms with Crippen molar-refractivity contribution in [2.45, 2.75) is 0 Å². The van der Waals surface area contributed by atoms with Gasteiger partial charge in [-0.25, -0.2) is 14.1 Å². The summed E-state index contributed by atoms with van der Waals surface area (Å²) in [5.74, 6) is 0. The minimum atomic E-state index is -0.853. The van der Waals surface area contributed by atoms with E-state index in [-0.39, 0.29) is 0 Å². The van der Waals surface area contributed by atoms with Crippen LogP contribution in [-0.4, -0.2) is 20.6 Å². The van der Waals surface area contributed by atoms with Crippen LogP contribution in [0, 0.1) is 0 Å². The van der Waals surface area contributed by atoms with E-state index in [4.69, 9.17) is 0 Å². The minimum Gasteiger partial charge on any atom is -0.351 e. The van der Waals surface area contributed by atoms with Crippen molar-refractivity contribution in [3.05, 3.63) is 0 Å². The highest BCUT2D eigenvalue weighted by Gasteiger charge is 2.09. The second-order valence-electron chi connectivity index (χ2n) is 1.27. The molecule has 0 radical (unpaired) electrons. The molecule has 0 spiro atoms. The number of hydrogen-bond donors (Lipinski definition) is 3. The molecule has 0 aliphatic heterocycles. The van der Waals surface area contributed by atoms with Gasteiger partial charge in [0.15, 0.2) is 0 Å². The molecule has 0 atom stereocenters. The maximum absolute atomic E-state index is 10.4. The summed E-state index contributed by atoms with van der Waals surface area (Å²) in [4.78, 5) is 20.4. The van der Waals surface area contributed by atoms with Gasteiger partial charge in [0.2, 0.25) is 0 Å². The summed E-state index contributed by atoms with van der Waals surface area (Å²) >= 11 is 1.08. The zero-order valence-electron chi connectivity index (χ0n) is 4.25. The molecule has 9 heavy (non-hydrogen) atoms. The number of rotatable bonds is 0. The Hall–Kier alpha value is -1.24. The number of carbonyl (C=O) groups is 2. The van der Waals surface area contributed by atoms with E-state index in [0.29, 0.717) is 0 Å². The first kappa shape index (κ1) is 5.89. The van der Waals surface area contributed by atoms with Crippen LogP contribution in [0.3, 0.4) is 0 Å². The number of nitrogens with zero attached hydrogens (tertiary/aromatic N) is 1. The summed E-state index contributed by atoms with van der Waals surface area (Å²) in [6.45, 7) is 0. The van der Waals surface area contributed by atoms with Crippen molar-refractivity contribution in [1.29, 1.82) is 0 Å². The van der Waals surface area contributed by atoms with Crippen molar-refractivity contribution in [2.75, 3.05) is 0 Å². The Morgan fingerprint density at radius 1 is 1.67 bits per heavy atom. The molecule has 0 bridgehead atoms. The number of aromatic nitrogens is 2. The van der Waals surface area contributed by atoms with E-state index in [1.807, 2.05) is 5.32 Å². The maximum Gasteiger partial charge on any atom is 0.360 e. The highest BCUT2D eigenvalue weighted by Crippen LogP contribution is 1.93. The van der Waals surface area contributed by atoms with Crippen LogP contribution in [0.2, 0.25) is 0 Å². The average Bonchev–Trinajstić information content (AvgIpc) is 2.40. The fraction of sp³-hybridized carbons (Fsp3) is 0. The van der Waals surface area contributed by atoms with Crippen molar-refractivity contribution in [2.24, 2.45) is 5.73 Å². The largest absolute Gasteiger partial charge is 0.360 e. The number of primary amides is 1. The molecule has 4 N–H and O–H groups in total. The van der Waals surface area contributed by atoms with Crippen LogP contribution >= 0.6 is 11.7 Å². The Bertz CT molecular complexity index is 211. The number of carbonyl (C=O) groups excluding carboxylic acids is 2. The predicted octanol–water partition coefficient (Wildman–Crippen LogP) is -0.486. The van der Waals surface area contributed by atoms with Gasteiger partial charge in [0.05, 0.1) is 11.7 Å². The highest BCUT2D eigenvalue weighted by atomic mass is 32.1. The predicted molar refractivity (Wildman–Crippen MR) is 30.2 cm³/mol. The van der Waals surface area contributed by atoms with Crippen molar-refractivity contribution < 1.29 is 9.59 Å². The molecule has 50 valence electrons. The van der Waals surface area contributed by atoms with Gasteiger partial charge in [-0.1, -0.05) is 0 Å². The van der Waals surface area contributed by atoms with Crippen LogP contribution in [0.5, 0.6) is 0 Å². The number of nitrogens with two attached hydrogens (primary N) is 1. The molecular weight excluding hydrogens is 144 g/mol. The topological polar surface area (TPSA) is 92.9 Å². The number of urea groups is 1. The van der Waals surface area contributed by atoms with Crippen LogP contribution in [0.15, 0.2) is 0 Å². The first-order valence-corrected chi connectivity index (χ1v) is 2.80. The summed E-state index contributed by atoms with van der Waals surface area (Å²) in [5, 5.41) is 1.85. The zero-order valence-corrected chi connectivity index (χ0v) is 5.07. The summed E-state index contributed by atoms with van der Waals surface area (Å²) in [6, 6.07) is -1.40. The number of imide groups is 1. The van der Waals surface area contributed by atoms with Crippen LogP contribution in [0.4, 0.5) is 9.59 Å². The quantitative estimate of drug-likeness (QED) is 0.463. The third kappa shape index (κ3) is 1.61. The molecule has 6 nitrogen and oxygen atoms in total. The van der Waals surface area contributed by atoms with E-state index in [1.54, 1.807) is 0 Å². The summed E-state index contributed by atoms with van der Waals surface area (Å²) in [7, 11) is 0. The number of aromatic amines is 1. The van der Waals surface area contributed by atoms with Gasteiger partial charge in [-0.05, 0) is 0 Å². The standard InChI is InChI=1S/C2H4N4O2S/c3-1(7)4-2(8)6-5-9-6/h5H,(H3,3,4,7,8). The number of H-pyrrole nitrogens is 1. The number of nitrogens with one attached hydrogen (secondary N) is 2. The second-order valence-corrected chi connectivity index (χ2v) is 2.00. The maximum atomic E-state index is 10.4. The monoisotopic (exact) mass is 148 g/mol. The Balaban J connectivity index is 2.39. The molecule has 1 rings (SSSR count). The van der Waals surface area contributed by atoms with Gasteiger partial charge in [-0.15, -0.1) is 4.07 Å². The molecule has 0 aliphatic carbocycles. The van der Waals surface area contributed by atoms with Gasteiger partial charge in [0.25, 0.3) is 0 Å². The normalized spacial score (nSPS) is 9.33. The first-order chi connectivity index (χ1) is 4.20. The molecule has 7 heteroatoms. The lowest BCUT2D eigenvalue weighted by molar-refractivity contribution is 0.233. The van der Waals surface area contributed by atoms with E-state index in [1.165, 1.54) is 0 Å². The minimum absolute atomic E-state index is 0.549. The van der Waals surface area contributed by atoms with E-state index < -0.39 is 12.1 Å². The second kappa shape index (κ2) is 1.94. The molecular formula is C2H4N4O2S. The van der Waals surface area contributed by atoms with Gasteiger partial charge < -0.3 is 5.73 Å². The number of hydrogen-bond acceptors (Lipinski definition) is 3. The van der Waals surface area contributed by atoms with Gasteiger partial charge in [-0.3, -0.25) is 5.32 Å². The summed E-state index contributed by atoms with van der Waals surface area (Å²) in [5.41, 5.74) is 4.62. The Kier molecular flexibility index (Phi) is 1.27. The van der Waals surface area contributed by atoms with Gasteiger partial charge in [0.1, 0.15) is 0 Å². The van der Waals surface area contributed by atoms with Crippen LogP contribution in [0.1, 0.15) is 0 Å². The van der Waals surface area contributed by atoms with Crippen molar-refractivity contribution in [1.82, 2.24) is 13.9 Å². The SMILES string of the molecule is NC(=O)NC(=O)n1[nH]s1. The van der Waals surface area contributed by atoms with Gasteiger partial charge in [0, 0.05) is 0 Å². The third-order valence-electron chi connectivity index (χ3n) is 0.597. The van der Waals surface area contributed by atoms with E-state index in [2.05, 4.69) is 10.2 Å². The molecule has 1 aromatic rings. The highest BCUT2D eigenvalue weighted by molar-refractivity contribution is 7.05. The third-order valence-corrected chi connectivity index (χ3v) is 1.13. The molecule has 0 saturated heterocycles. The van der Waals surface area contributed by atoms with Crippen molar-refractivity contribution in [3.8, 4) is 0 Å². The Morgan fingerprint density at radius 2 is 2.22 bits per heavy atom. The van der Waals surface area contributed by atoms with Gasteiger partial charge >= 0.3 is 12.1 Å². The summed E-state index contributed by atoms with van der Waals surface area (Å²) in [6.07, 6.45) is 0. The molecule has 0 saturated carbocycles. The molecule has 0 aliphatic rings. The van der Waals surface area contributed by atoms with Crippen LogP contribution < -0.4 is 11.1 Å². The lowest BCUT2D eigenvalue weighted by Gasteiger charge is -1.90. The van der Waals surface area contributed by atoms with Crippen molar-refractivity contribution >= 4 is 23.8 Å². The molecule has 1 heterocycles. The van der Waals surface area contributed by atoms with E-state index in [0.717, 1.165) is 15.8 Å². The van der Waals surface area contributed by atoms with Crippen LogP contribution in [-0.2, 0) is 0 Å². The lowest BCUT2D eigenvalue weighted by Crippen LogP contribution is -2.36. The Morgan fingerprint density at radius 3 is 2.56 bits per heavy atom. The van der Waals surface area contributed by atoms with Gasteiger partial charge in [-0.2, -0.15) is 0 Å². The van der Waals surface area contributed by atoms with Crippen molar-refractivity contribution in [3.63, 3.8) is 0 Å². The molecule has 3 amide bonds. The number of amides is 3. The fourth-order valence-electron chi connectivity index (χ4n) is 0.259. The summed E-state index contributed by atoms with van der Waals surface area (Å²) < 4.78 is 3.60.